The molecule has 1 aromatic rings. The molecular formula is C23H36O6. The molecule has 0 aromatic heterocycles. The topological polar surface area (TPSA) is 104 Å². The second-order valence-corrected chi connectivity index (χ2v) is 9.82. The summed E-state index contributed by atoms with van der Waals surface area (Å²) in [5, 5.41) is 30.4. The third-order valence-corrected chi connectivity index (χ3v) is 4.92. The van der Waals surface area contributed by atoms with Crippen LogP contribution in [0.25, 0.3) is 0 Å². The van der Waals surface area contributed by atoms with Crippen LogP contribution >= 0.6 is 0 Å². The van der Waals surface area contributed by atoms with Crippen LogP contribution in [0.4, 0.5) is 0 Å². The number of aliphatic carboxylic acids is 1. The fraction of sp³-hybridized carbons (Fsp3) is 0.652. The van der Waals surface area contributed by atoms with E-state index in [0.717, 1.165) is 17.5 Å². The Morgan fingerprint density at radius 2 is 1.48 bits per heavy atom. The molecule has 0 aliphatic carbocycles. The molecule has 3 N–H and O–H groups in total. The molecule has 0 aliphatic heterocycles. The molecule has 6 heteroatoms. The molecule has 29 heavy (non-hydrogen) atoms. The lowest BCUT2D eigenvalue weighted by molar-refractivity contribution is -0.173. The van der Waals surface area contributed by atoms with Gasteiger partial charge in [0.2, 0.25) is 0 Å². The van der Waals surface area contributed by atoms with E-state index in [1.165, 1.54) is 0 Å². The van der Waals surface area contributed by atoms with Gasteiger partial charge in [-0.3, -0.25) is 4.79 Å². The Kier molecular flexibility index (Phi) is 7.88. The first-order valence-electron chi connectivity index (χ1n) is 10.1. The van der Waals surface area contributed by atoms with Gasteiger partial charge in [-0.2, -0.15) is 0 Å². The first-order valence-corrected chi connectivity index (χ1v) is 10.1. The number of carboxylic acid groups (broad SMARTS) is 1. The molecule has 6 nitrogen and oxygen atoms in total. The van der Waals surface area contributed by atoms with Gasteiger partial charge < -0.3 is 20.1 Å². The maximum Gasteiger partial charge on any atom is 0.339 e. The number of hydrogen-bond donors (Lipinski definition) is 3. The average molecular weight is 409 g/mol. The number of carboxylic acids is 1. The Morgan fingerprint density at radius 3 is 1.86 bits per heavy atom. The predicted molar refractivity (Wildman–Crippen MR) is 112 cm³/mol. The molecule has 164 valence electrons. The number of benzene rings is 1. The van der Waals surface area contributed by atoms with Crippen LogP contribution < -0.4 is 0 Å². The third kappa shape index (κ3) is 6.74. The summed E-state index contributed by atoms with van der Waals surface area (Å²) in [6.45, 7) is 13.7. The number of carbonyl (C=O) groups is 2. The number of esters is 1. The second kappa shape index (κ2) is 9.16. The van der Waals surface area contributed by atoms with Gasteiger partial charge in [0.1, 0.15) is 12.4 Å². The number of phenols is 1. The summed E-state index contributed by atoms with van der Waals surface area (Å²) in [5.41, 5.74) is -0.534. The number of hydrogen-bond acceptors (Lipinski definition) is 5. The van der Waals surface area contributed by atoms with Gasteiger partial charge in [-0.05, 0) is 46.1 Å². The SMILES string of the molecule is CCCCC(O)(CC(=O)O)C(=O)OCc1cc(C(C)(C)C)c(O)c(C(C)(C)C)c1. The highest BCUT2D eigenvalue weighted by atomic mass is 16.5. The Balaban J connectivity index is 3.20. The van der Waals surface area contributed by atoms with Crippen LogP contribution in [0.5, 0.6) is 5.75 Å². The van der Waals surface area contributed by atoms with Crippen LogP contribution in [0.1, 0.15) is 90.8 Å². The Labute approximate surface area is 173 Å². The van der Waals surface area contributed by atoms with Gasteiger partial charge in [-0.25, -0.2) is 4.79 Å². The van der Waals surface area contributed by atoms with Crippen LogP contribution in [0.3, 0.4) is 0 Å². The van der Waals surface area contributed by atoms with Crippen LogP contribution in [0.15, 0.2) is 12.1 Å². The van der Waals surface area contributed by atoms with Gasteiger partial charge in [-0.15, -0.1) is 0 Å². The molecule has 0 saturated heterocycles. The van der Waals surface area contributed by atoms with Crippen molar-refractivity contribution < 1.29 is 29.6 Å². The first-order chi connectivity index (χ1) is 13.1. The lowest BCUT2D eigenvalue weighted by Crippen LogP contribution is -2.42. The summed E-state index contributed by atoms with van der Waals surface area (Å²) >= 11 is 0. The van der Waals surface area contributed by atoms with Crippen LogP contribution in [0, 0.1) is 0 Å². The zero-order valence-corrected chi connectivity index (χ0v) is 18.8. The lowest BCUT2D eigenvalue weighted by Gasteiger charge is -2.28. The van der Waals surface area contributed by atoms with Gasteiger partial charge >= 0.3 is 11.9 Å². The molecule has 0 saturated carbocycles. The summed E-state index contributed by atoms with van der Waals surface area (Å²) in [6.07, 6.45) is 0.573. The van der Waals surface area contributed by atoms with E-state index in [2.05, 4.69) is 0 Å². The number of rotatable bonds is 8. The van der Waals surface area contributed by atoms with Crippen molar-refractivity contribution in [2.75, 3.05) is 0 Å². The van der Waals surface area contributed by atoms with E-state index in [-0.39, 0.29) is 29.6 Å². The minimum Gasteiger partial charge on any atom is -0.507 e. The predicted octanol–water partition coefficient (Wildman–Crippen LogP) is 4.43. The molecule has 1 atom stereocenters. The normalized spacial score (nSPS) is 14.3. The Bertz CT molecular complexity index is 704. The molecule has 0 aliphatic rings. The summed E-state index contributed by atoms with van der Waals surface area (Å²) in [7, 11) is 0. The molecule has 1 unspecified atom stereocenters. The van der Waals surface area contributed by atoms with Crippen molar-refractivity contribution in [1.82, 2.24) is 0 Å². The second-order valence-electron chi connectivity index (χ2n) is 9.82. The van der Waals surface area contributed by atoms with Crippen molar-refractivity contribution in [2.45, 2.75) is 97.2 Å². The Hall–Kier alpha value is -2.08. The van der Waals surface area contributed by atoms with E-state index in [0.29, 0.717) is 12.0 Å². The first kappa shape index (κ1) is 25.0. The molecular weight excluding hydrogens is 372 g/mol. The van der Waals surface area contributed by atoms with Gasteiger partial charge in [-0.1, -0.05) is 61.3 Å². The third-order valence-electron chi connectivity index (χ3n) is 4.92. The molecule has 0 spiro atoms. The number of carbonyl (C=O) groups excluding carboxylic acids is 1. The highest BCUT2D eigenvalue weighted by molar-refractivity contribution is 5.85. The quantitative estimate of drug-likeness (QED) is 0.550. The van der Waals surface area contributed by atoms with Gasteiger partial charge in [0.25, 0.3) is 0 Å². The molecule has 1 rings (SSSR count). The zero-order chi connectivity index (χ0) is 22.6. The van der Waals surface area contributed by atoms with Crippen LogP contribution in [0.2, 0.25) is 0 Å². The number of ether oxygens (including phenoxy) is 1. The van der Waals surface area contributed by atoms with E-state index < -0.39 is 24.0 Å². The van der Waals surface area contributed by atoms with E-state index >= 15 is 0 Å². The van der Waals surface area contributed by atoms with Crippen molar-refractivity contribution in [3.63, 3.8) is 0 Å². The van der Waals surface area contributed by atoms with E-state index in [4.69, 9.17) is 9.84 Å². The van der Waals surface area contributed by atoms with E-state index in [1.807, 2.05) is 48.5 Å². The number of unbranched alkanes of at least 4 members (excludes halogenated alkanes) is 1. The highest BCUT2D eigenvalue weighted by Crippen LogP contribution is 2.40. The number of phenolic OH excluding ortho intramolecular Hbond substituents is 1. The van der Waals surface area contributed by atoms with Crippen molar-refractivity contribution in [3.05, 3.63) is 28.8 Å². The minimum absolute atomic E-state index is 0.0324. The highest BCUT2D eigenvalue weighted by Gasteiger charge is 2.39. The standard InChI is InChI=1S/C23H36O6/c1-8-9-10-23(28,13-18(24)25)20(27)29-14-15-11-16(21(2,3)4)19(26)17(12-15)22(5,6)7/h11-12,26,28H,8-10,13-14H2,1-7H3,(H,24,25). The molecule has 0 bridgehead atoms. The maximum atomic E-state index is 12.5. The Morgan fingerprint density at radius 1 is 1.00 bits per heavy atom. The minimum atomic E-state index is -2.04. The van der Waals surface area contributed by atoms with E-state index in [9.17, 15) is 19.8 Å². The maximum absolute atomic E-state index is 12.5. The number of aliphatic hydroxyl groups is 1. The van der Waals surface area contributed by atoms with Crippen molar-refractivity contribution in [2.24, 2.45) is 0 Å². The monoisotopic (exact) mass is 408 g/mol. The molecule has 0 fully saturated rings. The van der Waals surface area contributed by atoms with Crippen molar-refractivity contribution >= 4 is 11.9 Å². The molecule has 0 radical (unpaired) electrons. The molecule has 0 heterocycles. The number of aromatic hydroxyl groups is 1. The van der Waals surface area contributed by atoms with Crippen molar-refractivity contribution in [1.29, 1.82) is 0 Å². The molecule has 1 aromatic carbocycles. The fourth-order valence-electron chi connectivity index (χ4n) is 3.19. The largest absolute Gasteiger partial charge is 0.507 e. The lowest BCUT2D eigenvalue weighted by atomic mass is 9.78. The molecule has 0 amide bonds. The van der Waals surface area contributed by atoms with Gasteiger partial charge in [0.05, 0.1) is 6.42 Å². The smallest absolute Gasteiger partial charge is 0.339 e. The summed E-state index contributed by atoms with van der Waals surface area (Å²) in [6, 6.07) is 3.58. The summed E-state index contributed by atoms with van der Waals surface area (Å²) < 4.78 is 5.33. The average Bonchev–Trinajstić information content (AvgIpc) is 2.56. The van der Waals surface area contributed by atoms with Gasteiger partial charge in [0, 0.05) is 0 Å². The zero-order valence-electron chi connectivity index (χ0n) is 18.8. The van der Waals surface area contributed by atoms with Crippen molar-refractivity contribution in [3.8, 4) is 5.75 Å². The van der Waals surface area contributed by atoms with Gasteiger partial charge in [0.15, 0.2) is 5.60 Å². The van der Waals surface area contributed by atoms with Crippen LogP contribution in [-0.4, -0.2) is 32.9 Å². The summed E-state index contributed by atoms with van der Waals surface area (Å²) in [4.78, 5) is 23.6. The summed E-state index contributed by atoms with van der Waals surface area (Å²) in [5.74, 6) is -1.96. The van der Waals surface area contributed by atoms with Crippen LogP contribution in [-0.2, 0) is 31.8 Å². The van der Waals surface area contributed by atoms with E-state index in [1.54, 1.807) is 12.1 Å². The fourth-order valence-corrected chi connectivity index (χ4v) is 3.19.